The third-order valence-corrected chi connectivity index (χ3v) is 11.2. The second kappa shape index (κ2) is 7.11. The molecule has 0 radical (unpaired) electrons. The number of ketones is 1. The summed E-state index contributed by atoms with van der Waals surface area (Å²) in [7, 11) is 0. The molecule has 0 aromatic rings. The normalized spacial score (nSPS) is 49.3. The van der Waals surface area contributed by atoms with Crippen molar-refractivity contribution < 1.29 is 14.5 Å². The molecule has 3 unspecified atom stereocenters. The van der Waals surface area contributed by atoms with E-state index in [0.29, 0.717) is 55.1 Å². The van der Waals surface area contributed by atoms with Gasteiger partial charge < -0.3 is 15.4 Å². The Morgan fingerprint density at radius 1 is 1.25 bits per heavy atom. The molecule has 4 saturated carbocycles. The number of hydrogen-bond donors (Lipinski definition) is 2. The van der Waals surface area contributed by atoms with Gasteiger partial charge in [0.15, 0.2) is 0 Å². The molecule has 0 aromatic carbocycles. The predicted octanol–water partition coefficient (Wildman–Crippen LogP) is 3.35. The number of aliphatic hydroxyl groups is 1. The van der Waals surface area contributed by atoms with Gasteiger partial charge in [0.05, 0.1) is 5.60 Å². The molecule has 4 aliphatic rings. The van der Waals surface area contributed by atoms with Crippen LogP contribution in [-0.2, 0) is 16.0 Å². The highest BCUT2D eigenvalue weighted by Crippen LogP contribution is 2.67. The van der Waals surface area contributed by atoms with Crippen LogP contribution in [0.4, 0.5) is 0 Å². The first-order valence-corrected chi connectivity index (χ1v) is 12.5. The van der Waals surface area contributed by atoms with Gasteiger partial charge >= 0.3 is 0 Å². The molecule has 158 valence electrons. The molecular weight excluding hydrogens is 370 g/mol. The summed E-state index contributed by atoms with van der Waals surface area (Å²) in [4.78, 5) is 12.6. The van der Waals surface area contributed by atoms with Crippen molar-refractivity contribution in [2.24, 2.45) is 34.3 Å². The second-order valence-corrected chi connectivity index (χ2v) is 12.4. The molecule has 0 amide bonds. The molecule has 5 heteroatoms. The summed E-state index contributed by atoms with van der Waals surface area (Å²) in [6, 6.07) is 0. The van der Waals surface area contributed by atoms with Crippen molar-refractivity contribution in [1.29, 1.82) is 0 Å². The molecule has 28 heavy (non-hydrogen) atoms. The number of hydrogen-bond acceptors (Lipinski definition) is 4. The molecule has 8 atom stereocenters. The number of carbonyl (C=O) groups excluding carboxylic acids is 1. The molecule has 4 aliphatic carbocycles. The number of Topliss-reactive ketones (excluding diaryl/α,β-unsaturated/α-hetero) is 1. The van der Waals surface area contributed by atoms with Crippen molar-refractivity contribution in [3.8, 4) is 0 Å². The Hall–Kier alpha value is -0.360. The summed E-state index contributed by atoms with van der Waals surface area (Å²) in [6.07, 6.45) is 7.49. The Bertz CT molecular complexity index is 668. The van der Waals surface area contributed by atoms with Crippen molar-refractivity contribution in [2.75, 3.05) is 12.3 Å². The summed E-state index contributed by atoms with van der Waals surface area (Å²) >= 11 is -0.917. The minimum atomic E-state index is -0.917. The zero-order valence-electron chi connectivity index (χ0n) is 17.5. The van der Waals surface area contributed by atoms with Gasteiger partial charge in [-0.15, -0.1) is 0 Å². The van der Waals surface area contributed by atoms with Gasteiger partial charge in [-0.05, 0) is 62.8 Å². The lowest BCUT2D eigenvalue weighted by Crippen LogP contribution is -2.64. The van der Waals surface area contributed by atoms with Gasteiger partial charge in [0.2, 0.25) is 0 Å². The van der Waals surface area contributed by atoms with Gasteiger partial charge in [0.1, 0.15) is 16.8 Å². The molecule has 4 rings (SSSR count). The van der Waals surface area contributed by atoms with E-state index < -0.39 is 16.8 Å². The SMILES string of the molecule is C=C1CC2(O)CC([S+]([O-])CCCN)CC[C@]2(C)[C@@H]2CC[C@]3(C)C(=O)CC[C@H]3[C@H]12. The summed E-state index contributed by atoms with van der Waals surface area (Å²) < 4.78 is 12.8. The molecule has 0 spiro atoms. The summed E-state index contributed by atoms with van der Waals surface area (Å²) in [5.74, 6) is 2.22. The fourth-order valence-corrected chi connectivity index (χ4v) is 9.14. The first kappa shape index (κ1) is 20.9. The van der Waals surface area contributed by atoms with Crippen LogP contribution in [0.2, 0.25) is 0 Å². The quantitative estimate of drug-likeness (QED) is 0.553. The van der Waals surface area contributed by atoms with Crippen molar-refractivity contribution in [3.63, 3.8) is 0 Å². The van der Waals surface area contributed by atoms with Gasteiger partial charge in [0, 0.05) is 30.1 Å². The number of carbonyl (C=O) groups is 1. The molecule has 0 bridgehead atoms. The van der Waals surface area contributed by atoms with Crippen LogP contribution in [0, 0.1) is 28.6 Å². The van der Waals surface area contributed by atoms with Crippen LogP contribution in [0.15, 0.2) is 12.2 Å². The standard InChI is InChI=1S/C23H37NO3S/c1-15-13-23(26)14-16(28(27)12-4-11-24)7-10-22(23,3)18-8-9-21(2)17(20(15)18)5-6-19(21)25/h16-18,20,26H,1,4-14,24H2,2-3H3/t16?,17-,18+,20-,21-,22+,23?,28?/m0/s1. The van der Waals surface area contributed by atoms with Crippen LogP contribution in [0.25, 0.3) is 0 Å². The fourth-order valence-electron chi connectivity index (χ4n) is 7.52. The van der Waals surface area contributed by atoms with E-state index in [0.717, 1.165) is 44.1 Å². The predicted molar refractivity (Wildman–Crippen MR) is 113 cm³/mol. The number of fused-ring (bicyclic) bond motifs is 5. The van der Waals surface area contributed by atoms with Crippen molar-refractivity contribution in [1.82, 2.24) is 0 Å². The number of rotatable bonds is 4. The van der Waals surface area contributed by atoms with Gasteiger partial charge in [-0.25, -0.2) is 0 Å². The Morgan fingerprint density at radius 2 is 2.00 bits per heavy atom. The largest absolute Gasteiger partial charge is 0.616 e. The van der Waals surface area contributed by atoms with E-state index in [1.807, 2.05) is 0 Å². The van der Waals surface area contributed by atoms with Crippen LogP contribution in [0.3, 0.4) is 0 Å². The minimum Gasteiger partial charge on any atom is -0.616 e. The summed E-state index contributed by atoms with van der Waals surface area (Å²) in [6.45, 7) is 9.46. The minimum absolute atomic E-state index is 0.0656. The topological polar surface area (TPSA) is 86.4 Å². The van der Waals surface area contributed by atoms with E-state index in [-0.39, 0.29) is 16.1 Å². The van der Waals surface area contributed by atoms with Crippen LogP contribution in [0.1, 0.15) is 71.6 Å². The van der Waals surface area contributed by atoms with Crippen molar-refractivity contribution in [3.05, 3.63) is 12.2 Å². The third-order valence-electron chi connectivity index (χ3n) is 9.32. The average Bonchev–Trinajstić information content (AvgIpc) is 2.95. The van der Waals surface area contributed by atoms with E-state index in [4.69, 9.17) is 5.73 Å². The monoisotopic (exact) mass is 407 g/mol. The Morgan fingerprint density at radius 3 is 2.71 bits per heavy atom. The maximum absolute atomic E-state index is 12.8. The van der Waals surface area contributed by atoms with E-state index in [2.05, 4.69) is 20.4 Å². The maximum Gasteiger partial charge on any atom is 0.139 e. The Kier molecular flexibility index (Phi) is 5.30. The van der Waals surface area contributed by atoms with Gasteiger partial charge in [-0.1, -0.05) is 37.2 Å². The molecular formula is C23H37NO3S. The number of nitrogens with two attached hydrogens (primary N) is 1. The van der Waals surface area contributed by atoms with Gasteiger partial charge in [-0.2, -0.15) is 0 Å². The van der Waals surface area contributed by atoms with Crippen molar-refractivity contribution >= 4 is 17.0 Å². The van der Waals surface area contributed by atoms with Crippen LogP contribution >= 0.6 is 0 Å². The molecule has 4 nitrogen and oxygen atoms in total. The molecule has 0 heterocycles. The molecule has 0 aliphatic heterocycles. The Labute approximate surface area is 172 Å². The smallest absolute Gasteiger partial charge is 0.139 e. The summed E-state index contributed by atoms with van der Waals surface area (Å²) in [5, 5.41) is 11.9. The van der Waals surface area contributed by atoms with E-state index in [1.165, 1.54) is 0 Å². The van der Waals surface area contributed by atoms with E-state index >= 15 is 0 Å². The van der Waals surface area contributed by atoms with Crippen LogP contribution in [0.5, 0.6) is 0 Å². The highest BCUT2D eigenvalue weighted by Gasteiger charge is 2.66. The molecule has 0 aromatic heterocycles. The van der Waals surface area contributed by atoms with Crippen molar-refractivity contribution in [2.45, 2.75) is 82.5 Å². The first-order valence-electron chi connectivity index (χ1n) is 11.2. The van der Waals surface area contributed by atoms with E-state index in [1.54, 1.807) is 0 Å². The molecule has 3 N–H and O–H groups in total. The first-order chi connectivity index (χ1) is 13.2. The van der Waals surface area contributed by atoms with Gasteiger partial charge in [-0.3, -0.25) is 4.79 Å². The average molecular weight is 408 g/mol. The molecule has 0 saturated heterocycles. The highest BCUT2D eigenvalue weighted by atomic mass is 32.2. The summed E-state index contributed by atoms with van der Waals surface area (Å²) in [5.41, 5.74) is 5.57. The lowest BCUT2D eigenvalue weighted by atomic mass is 9.43. The maximum atomic E-state index is 12.8. The lowest BCUT2D eigenvalue weighted by Gasteiger charge is -2.64. The lowest BCUT2D eigenvalue weighted by molar-refractivity contribution is -0.183. The Balaban J connectivity index is 1.60. The van der Waals surface area contributed by atoms with Crippen LogP contribution in [-0.4, -0.2) is 38.6 Å². The fraction of sp³-hybridized carbons (Fsp3) is 0.870. The highest BCUT2D eigenvalue weighted by molar-refractivity contribution is 7.92. The molecule has 4 fully saturated rings. The second-order valence-electron chi connectivity index (χ2n) is 10.5. The van der Waals surface area contributed by atoms with Crippen LogP contribution < -0.4 is 5.73 Å². The van der Waals surface area contributed by atoms with Gasteiger partial charge in [0.25, 0.3) is 0 Å². The third kappa shape index (κ3) is 2.87. The zero-order valence-corrected chi connectivity index (χ0v) is 18.4. The zero-order chi connectivity index (χ0) is 20.3. The van der Waals surface area contributed by atoms with E-state index in [9.17, 15) is 14.5 Å².